The third kappa shape index (κ3) is 6.52. The standard InChI is InChI=1S/C29H31N3O5/c1-19-4-6-22(17-27(19)32(35)36)18-28(33)30-25-9-7-23(8-10-25)24-12-14-31(15-13-24)29(34)20(2)16-26-11-5-21(3)37-26/h4-11,16-17,24H,12-15,18H2,1-3H3,(H,30,33)/b20-16+. The van der Waals surface area contributed by atoms with Crippen LogP contribution in [-0.4, -0.2) is 34.7 Å². The molecule has 0 aliphatic carbocycles. The highest BCUT2D eigenvalue weighted by atomic mass is 16.6. The summed E-state index contributed by atoms with van der Waals surface area (Å²) in [4.78, 5) is 37.9. The first-order chi connectivity index (χ1) is 17.7. The minimum atomic E-state index is -0.435. The Morgan fingerprint density at radius 1 is 1.08 bits per heavy atom. The van der Waals surface area contributed by atoms with Crippen molar-refractivity contribution in [3.05, 3.63) is 98.5 Å². The Labute approximate surface area is 216 Å². The molecule has 1 N–H and O–H groups in total. The Hall–Kier alpha value is -4.20. The number of anilines is 1. The van der Waals surface area contributed by atoms with E-state index in [-0.39, 0.29) is 23.9 Å². The summed E-state index contributed by atoms with van der Waals surface area (Å²) in [7, 11) is 0. The maximum absolute atomic E-state index is 12.8. The predicted octanol–water partition coefficient (Wildman–Crippen LogP) is 5.80. The van der Waals surface area contributed by atoms with Crippen molar-refractivity contribution in [2.75, 3.05) is 18.4 Å². The highest BCUT2D eigenvalue weighted by molar-refractivity contribution is 5.97. The number of furan rings is 1. The highest BCUT2D eigenvalue weighted by Gasteiger charge is 2.24. The molecular formula is C29H31N3O5. The molecule has 1 aromatic heterocycles. The van der Waals surface area contributed by atoms with Gasteiger partial charge in [-0.2, -0.15) is 0 Å². The average molecular weight is 502 g/mol. The number of nitro benzene ring substituents is 1. The molecule has 2 amide bonds. The molecule has 1 saturated heterocycles. The maximum atomic E-state index is 12.8. The van der Waals surface area contributed by atoms with Crippen LogP contribution in [0.15, 0.2) is 64.6 Å². The van der Waals surface area contributed by atoms with Gasteiger partial charge in [0.05, 0.1) is 11.3 Å². The number of hydrogen-bond acceptors (Lipinski definition) is 5. The third-order valence-corrected chi connectivity index (χ3v) is 6.74. The van der Waals surface area contributed by atoms with Crippen molar-refractivity contribution in [1.82, 2.24) is 4.90 Å². The van der Waals surface area contributed by atoms with E-state index in [1.54, 1.807) is 25.1 Å². The Balaban J connectivity index is 1.29. The number of rotatable bonds is 7. The third-order valence-electron chi connectivity index (χ3n) is 6.74. The van der Waals surface area contributed by atoms with Crippen LogP contribution in [0.1, 0.15) is 53.9 Å². The zero-order valence-corrected chi connectivity index (χ0v) is 21.3. The molecule has 0 atom stereocenters. The zero-order valence-electron chi connectivity index (χ0n) is 21.3. The van der Waals surface area contributed by atoms with Gasteiger partial charge < -0.3 is 14.6 Å². The summed E-state index contributed by atoms with van der Waals surface area (Å²) in [6.45, 7) is 6.74. The van der Waals surface area contributed by atoms with E-state index in [2.05, 4.69) is 5.32 Å². The summed E-state index contributed by atoms with van der Waals surface area (Å²) in [5.74, 6) is 1.65. The molecule has 0 radical (unpaired) electrons. The number of carbonyl (C=O) groups excluding carboxylic acids is 2. The molecule has 1 aliphatic heterocycles. The number of nitrogens with one attached hydrogen (secondary N) is 1. The fourth-order valence-electron chi connectivity index (χ4n) is 4.66. The fraction of sp³-hybridized carbons (Fsp3) is 0.310. The smallest absolute Gasteiger partial charge is 0.272 e. The summed E-state index contributed by atoms with van der Waals surface area (Å²) in [5.41, 5.74) is 3.69. The lowest BCUT2D eigenvalue weighted by molar-refractivity contribution is -0.385. The maximum Gasteiger partial charge on any atom is 0.272 e. The zero-order chi connectivity index (χ0) is 26.5. The van der Waals surface area contributed by atoms with Gasteiger partial charge in [0, 0.05) is 36.0 Å². The van der Waals surface area contributed by atoms with E-state index >= 15 is 0 Å². The number of nitrogens with zero attached hydrogens (tertiary/aromatic N) is 2. The van der Waals surface area contributed by atoms with Gasteiger partial charge >= 0.3 is 0 Å². The van der Waals surface area contributed by atoms with Gasteiger partial charge in [0.25, 0.3) is 5.69 Å². The summed E-state index contributed by atoms with van der Waals surface area (Å²) in [5, 5.41) is 14.0. The number of aryl methyl sites for hydroxylation is 2. The largest absolute Gasteiger partial charge is 0.462 e. The van der Waals surface area contributed by atoms with Crippen molar-refractivity contribution in [2.45, 2.75) is 46.0 Å². The molecule has 0 saturated carbocycles. The number of piperidine rings is 1. The monoisotopic (exact) mass is 501 g/mol. The lowest BCUT2D eigenvalue weighted by atomic mass is 9.89. The van der Waals surface area contributed by atoms with Crippen molar-refractivity contribution in [1.29, 1.82) is 0 Å². The molecule has 2 heterocycles. The van der Waals surface area contributed by atoms with Crippen molar-refractivity contribution < 1.29 is 18.9 Å². The highest BCUT2D eigenvalue weighted by Crippen LogP contribution is 2.30. The van der Waals surface area contributed by atoms with Crippen LogP contribution in [0.4, 0.5) is 11.4 Å². The molecule has 1 fully saturated rings. The molecule has 192 valence electrons. The summed E-state index contributed by atoms with van der Waals surface area (Å²) in [6.07, 6.45) is 3.59. The summed E-state index contributed by atoms with van der Waals surface area (Å²) < 4.78 is 5.55. The number of carbonyl (C=O) groups is 2. The molecule has 2 aromatic carbocycles. The molecule has 0 spiro atoms. The molecule has 3 aromatic rings. The van der Waals surface area contributed by atoms with Crippen molar-refractivity contribution in [3.8, 4) is 0 Å². The van der Waals surface area contributed by atoms with E-state index < -0.39 is 4.92 Å². The van der Waals surface area contributed by atoms with Crippen LogP contribution in [0.25, 0.3) is 6.08 Å². The van der Waals surface area contributed by atoms with E-state index in [1.807, 2.05) is 55.1 Å². The fourth-order valence-corrected chi connectivity index (χ4v) is 4.66. The average Bonchev–Trinajstić information content (AvgIpc) is 3.29. The quantitative estimate of drug-likeness (QED) is 0.250. The van der Waals surface area contributed by atoms with Gasteiger partial charge in [-0.3, -0.25) is 19.7 Å². The number of nitro groups is 1. The molecule has 8 nitrogen and oxygen atoms in total. The van der Waals surface area contributed by atoms with Crippen molar-refractivity contribution in [2.24, 2.45) is 0 Å². The van der Waals surface area contributed by atoms with Gasteiger partial charge in [0.15, 0.2) is 0 Å². The Kier molecular flexibility index (Phi) is 7.86. The first kappa shape index (κ1) is 25.9. The van der Waals surface area contributed by atoms with Crippen LogP contribution in [-0.2, 0) is 16.0 Å². The lowest BCUT2D eigenvalue weighted by Gasteiger charge is -2.32. The van der Waals surface area contributed by atoms with E-state index in [0.717, 1.165) is 18.6 Å². The first-order valence-corrected chi connectivity index (χ1v) is 12.4. The predicted molar refractivity (Wildman–Crippen MR) is 142 cm³/mol. The van der Waals surface area contributed by atoms with Gasteiger partial charge in [-0.1, -0.05) is 24.3 Å². The van der Waals surface area contributed by atoms with E-state index in [9.17, 15) is 19.7 Å². The topological polar surface area (TPSA) is 106 Å². The Bertz CT molecular complexity index is 1330. The second-order valence-corrected chi connectivity index (χ2v) is 9.57. The second kappa shape index (κ2) is 11.2. The molecule has 1 aliphatic rings. The van der Waals surface area contributed by atoms with E-state index in [0.29, 0.717) is 47.2 Å². The number of amides is 2. The molecule has 0 unspecified atom stereocenters. The van der Waals surface area contributed by atoms with Crippen LogP contribution >= 0.6 is 0 Å². The summed E-state index contributed by atoms with van der Waals surface area (Å²) >= 11 is 0. The Morgan fingerprint density at radius 2 is 1.78 bits per heavy atom. The molecule has 4 rings (SSSR count). The SMILES string of the molecule is C/C(=C\c1ccc(C)o1)C(=O)N1CCC(c2ccc(NC(=O)Cc3ccc(C)c([N+](=O)[O-])c3)cc2)CC1. The molecule has 8 heteroatoms. The minimum Gasteiger partial charge on any atom is -0.462 e. The van der Waals surface area contributed by atoms with Gasteiger partial charge in [0.2, 0.25) is 11.8 Å². The van der Waals surface area contributed by atoms with E-state index in [4.69, 9.17) is 4.42 Å². The van der Waals surface area contributed by atoms with Crippen LogP contribution in [0.5, 0.6) is 0 Å². The Morgan fingerprint density at radius 3 is 2.41 bits per heavy atom. The van der Waals surface area contributed by atoms with Gasteiger partial charge in [-0.15, -0.1) is 0 Å². The second-order valence-electron chi connectivity index (χ2n) is 9.57. The van der Waals surface area contributed by atoms with Gasteiger partial charge in [-0.25, -0.2) is 0 Å². The lowest BCUT2D eigenvalue weighted by Crippen LogP contribution is -2.38. The number of hydrogen-bond donors (Lipinski definition) is 1. The molecular weight excluding hydrogens is 470 g/mol. The van der Waals surface area contributed by atoms with Crippen molar-refractivity contribution in [3.63, 3.8) is 0 Å². The molecule has 0 bridgehead atoms. The van der Waals surface area contributed by atoms with Crippen LogP contribution in [0.2, 0.25) is 0 Å². The normalized spacial score (nSPS) is 14.5. The van der Waals surface area contributed by atoms with Gasteiger partial charge in [0.1, 0.15) is 11.5 Å². The van der Waals surface area contributed by atoms with E-state index in [1.165, 1.54) is 11.6 Å². The van der Waals surface area contributed by atoms with Crippen LogP contribution in [0.3, 0.4) is 0 Å². The van der Waals surface area contributed by atoms with Gasteiger partial charge in [-0.05, 0) is 81.0 Å². The van der Waals surface area contributed by atoms with Crippen molar-refractivity contribution >= 4 is 29.3 Å². The minimum absolute atomic E-state index is 0.0150. The van der Waals surface area contributed by atoms with Crippen LogP contribution in [0, 0.1) is 24.0 Å². The molecule has 37 heavy (non-hydrogen) atoms. The van der Waals surface area contributed by atoms with Crippen LogP contribution < -0.4 is 5.32 Å². The first-order valence-electron chi connectivity index (χ1n) is 12.4. The number of likely N-dealkylation sites (tertiary alicyclic amines) is 1. The summed E-state index contributed by atoms with van der Waals surface area (Å²) in [6, 6.07) is 16.4. The number of benzene rings is 2.